The highest BCUT2D eigenvalue weighted by Crippen LogP contribution is 2.29. The molecule has 1 aromatic rings. The Hall–Kier alpha value is -1.82. The summed E-state index contributed by atoms with van der Waals surface area (Å²) in [5.41, 5.74) is 1.16. The molecule has 2 fully saturated rings. The van der Waals surface area contributed by atoms with Gasteiger partial charge in [-0.2, -0.15) is 0 Å². The van der Waals surface area contributed by atoms with E-state index in [9.17, 15) is 0 Å². The summed E-state index contributed by atoms with van der Waals surface area (Å²) in [4.78, 5) is 11.3. The molecule has 27 heavy (non-hydrogen) atoms. The number of likely N-dealkylation sites (tertiary alicyclic amines) is 1. The average Bonchev–Trinajstić information content (AvgIpc) is 3.54. The van der Waals surface area contributed by atoms with Crippen molar-refractivity contribution in [1.82, 2.24) is 20.5 Å². The highest BCUT2D eigenvalue weighted by molar-refractivity contribution is 5.79. The van der Waals surface area contributed by atoms with Crippen molar-refractivity contribution in [3.05, 3.63) is 23.9 Å². The van der Waals surface area contributed by atoms with Crippen molar-refractivity contribution in [2.45, 2.75) is 58.0 Å². The SMILES string of the molecule is CCCCN1CCC(NC(=NC)NCc2ccnc(OCC3CC3)c2)CC1. The Morgan fingerprint density at radius 1 is 1.30 bits per heavy atom. The summed E-state index contributed by atoms with van der Waals surface area (Å²) in [7, 11) is 1.84. The van der Waals surface area contributed by atoms with Crippen molar-refractivity contribution >= 4 is 5.96 Å². The van der Waals surface area contributed by atoms with Gasteiger partial charge in [-0.1, -0.05) is 13.3 Å². The Morgan fingerprint density at radius 2 is 2.11 bits per heavy atom. The molecule has 0 spiro atoms. The molecule has 1 aromatic heterocycles. The first kappa shape index (κ1) is 19.9. The maximum Gasteiger partial charge on any atom is 0.213 e. The van der Waals surface area contributed by atoms with Crippen LogP contribution >= 0.6 is 0 Å². The molecule has 1 aliphatic carbocycles. The Bertz CT molecular complexity index is 594. The summed E-state index contributed by atoms with van der Waals surface area (Å²) in [6.45, 7) is 7.38. The molecule has 2 N–H and O–H groups in total. The molecular formula is C21H35N5O. The van der Waals surface area contributed by atoms with Crippen molar-refractivity contribution in [1.29, 1.82) is 0 Å². The first-order valence-electron chi connectivity index (χ1n) is 10.5. The molecule has 1 aliphatic heterocycles. The van der Waals surface area contributed by atoms with Crippen molar-refractivity contribution in [3.63, 3.8) is 0 Å². The Kier molecular flexibility index (Phi) is 7.75. The zero-order valence-corrected chi connectivity index (χ0v) is 16.9. The first-order chi connectivity index (χ1) is 13.3. The first-order valence-corrected chi connectivity index (χ1v) is 10.5. The number of hydrogen-bond acceptors (Lipinski definition) is 4. The number of hydrogen-bond donors (Lipinski definition) is 2. The van der Waals surface area contributed by atoms with Gasteiger partial charge in [0.25, 0.3) is 0 Å². The fourth-order valence-corrected chi connectivity index (χ4v) is 3.38. The van der Waals surface area contributed by atoms with Crippen LogP contribution in [0.1, 0.15) is 51.0 Å². The number of pyridine rings is 1. The lowest BCUT2D eigenvalue weighted by atomic mass is 10.0. The number of rotatable bonds is 9. The Morgan fingerprint density at radius 3 is 2.81 bits per heavy atom. The van der Waals surface area contributed by atoms with E-state index in [1.165, 1.54) is 58.2 Å². The second-order valence-corrected chi connectivity index (χ2v) is 7.80. The van der Waals surface area contributed by atoms with E-state index >= 15 is 0 Å². The number of guanidine groups is 1. The van der Waals surface area contributed by atoms with Gasteiger partial charge < -0.3 is 20.3 Å². The zero-order chi connectivity index (χ0) is 18.9. The predicted octanol–water partition coefficient (Wildman–Crippen LogP) is 2.80. The minimum absolute atomic E-state index is 0.504. The highest BCUT2D eigenvalue weighted by Gasteiger charge is 2.22. The molecule has 0 unspecified atom stereocenters. The monoisotopic (exact) mass is 373 g/mol. The lowest BCUT2D eigenvalue weighted by molar-refractivity contribution is 0.203. The van der Waals surface area contributed by atoms with Crippen molar-refractivity contribution in [2.24, 2.45) is 10.9 Å². The molecule has 1 saturated heterocycles. The van der Waals surface area contributed by atoms with Crippen LogP contribution in [0, 0.1) is 5.92 Å². The van der Waals surface area contributed by atoms with Gasteiger partial charge in [0, 0.05) is 45.0 Å². The van der Waals surface area contributed by atoms with Crippen LogP contribution in [0.15, 0.2) is 23.3 Å². The van der Waals surface area contributed by atoms with Gasteiger partial charge in [0.2, 0.25) is 5.88 Å². The van der Waals surface area contributed by atoms with Gasteiger partial charge in [0.15, 0.2) is 5.96 Å². The van der Waals surface area contributed by atoms with Crippen LogP contribution in [0.4, 0.5) is 0 Å². The number of aromatic nitrogens is 1. The number of nitrogens with zero attached hydrogens (tertiary/aromatic N) is 3. The second kappa shape index (κ2) is 10.5. The molecule has 2 aliphatic rings. The molecule has 2 heterocycles. The second-order valence-electron chi connectivity index (χ2n) is 7.80. The van der Waals surface area contributed by atoms with Gasteiger partial charge in [0.1, 0.15) is 0 Å². The molecular weight excluding hydrogens is 338 g/mol. The number of nitrogens with one attached hydrogen (secondary N) is 2. The van der Waals surface area contributed by atoms with E-state index in [1.54, 1.807) is 0 Å². The normalized spacial score (nSPS) is 19.1. The molecule has 1 saturated carbocycles. The number of aliphatic imine (C=N–C) groups is 1. The van der Waals surface area contributed by atoms with E-state index in [0.717, 1.165) is 36.5 Å². The third kappa shape index (κ3) is 7.01. The molecule has 0 bridgehead atoms. The van der Waals surface area contributed by atoms with E-state index in [2.05, 4.69) is 32.4 Å². The third-order valence-corrected chi connectivity index (χ3v) is 5.40. The lowest BCUT2D eigenvalue weighted by Gasteiger charge is -2.33. The van der Waals surface area contributed by atoms with E-state index < -0.39 is 0 Å². The molecule has 6 heteroatoms. The fourth-order valence-electron chi connectivity index (χ4n) is 3.38. The largest absolute Gasteiger partial charge is 0.477 e. The Balaban J connectivity index is 1.39. The van der Waals surface area contributed by atoms with E-state index in [4.69, 9.17) is 4.74 Å². The van der Waals surface area contributed by atoms with Crippen LogP contribution < -0.4 is 15.4 Å². The van der Waals surface area contributed by atoms with E-state index in [0.29, 0.717) is 6.04 Å². The quantitative estimate of drug-likeness (QED) is 0.515. The minimum atomic E-state index is 0.504. The zero-order valence-electron chi connectivity index (χ0n) is 16.9. The molecule has 0 aromatic carbocycles. The van der Waals surface area contributed by atoms with E-state index in [-0.39, 0.29) is 0 Å². The molecule has 150 valence electrons. The fraction of sp³-hybridized carbons (Fsp3) is 0.714. The maximum atomic E-state index is 5.77. The summed E-state index contributed by atoms with van der Waals surface area (Å²) in [5, 5.41) is 7.01. The van der Waals surface area contributed by atoms with Gasteiger partial charge in [0.05, 0.1) is 6.61 Å². The van der Waals surface area contributed by atoms with Gasteiger partial charge in [-0.25, -0.2) is 4.98 Å². The summed E-state index contributed by atoms with van der Waals surface area (Å²) < 4.78 is 5.77. The summed E-state index contributed by atoms with van der Waals surface area (Å²) in [6, 6.07) is 4.55. The molecule has 0 radical (unpaired) electrons. The number of piperidine rings is 1. The van der Waals surface area contributed by atoms with Crippen molar-refractivity contribution in [2.75, 3.05) is 33.3 Å². The number of ether oxygens (including phenoxy) is 1. The molecule has 3 rings (SSSR count). The topological polar surface area (TPSA) is 61.8 Å². The standard InChI is InChI=1S/C21H35N5O/c1-3-4-11-26-12-8-19(9-13-26)25-21(22-2)24-15-18-7-10-23-20(14-18)27-16-17-5-6-17/h7,10,14,17,19H,3-6,8-9,11-13,15-16H2,1-2H3,(H2,22,24,25). The van der Waals surface area contributed by atoms with E-state index in [1.807, 2.05) is 25.4 Å². The van der Waals surface area contributed by atoms with Crippen LogP contribution in [0.2, 0.25) is 0 Å². The predicted molar refractivity (Wildman–Crippen MR) is 110 cm³/mol. The molecule has 6 nitrogen and oxygen atoms in total. The lowest BCUT2D eigenvalue weighted by Crippen LogP contribution is -2.48. The maximum absolute atomic E-state index is 5.77. The average molecular weight is 374 g/mol. The summed E-state index contributed by atoms with van der Waals surface area (Å²) in [5.74, 6) is 2.34. The minimum Gasteiger partial charge on any atom is -0.477 e. The Labute approximate surface area is 163 Å². The van der Waals surface area contributed by atoms with Crippen molar-refractivity contribution in [3.8, 4) is 5.88 Å². The summed E-state index contributed by atoms with van der Waals surface area (Å²) >= 11 is 0. The van der Waals surface area contributed by atoms with Gasteiger partial charge in [-0.3, -0.25) is 4.99 Å². The van der Waals surface area contributed by atoms with Crippen LogP contribution in [-0.4, -0.2) is 55.2 Å². The molecule has 0 amide bonds. The van der Waals surface area contributed by atoms with Crippen LogP contribution in [-0.2, 0) is 6.54 Å². The van der Waals surface area contributed by atoms with Crippen LogP contribution in [0.5, 0.6) is 5.88 Å². The highest BCUT2D eigenvalue weighted by atomic mass is 16.5. The van der Waals surface area contributed by atoms with Gasteiger partial charge in [-0.15, -0.1) is 0 Å². The third-order valence-electron chi connectivity index (χ3n) is 5.40. The van der Waals surface area contributed by atoms with Crippen LogP contribution in [0.25, 0.3) is 0 Å². The summed E-state index contributed by atoms with van der Waals surface area (Å²) in [6.07, 6.45) is 9.34. The smallest absolute Gasteiger partial charge is 0.213 e. The molecule has 0 atom stereocenters. The van der Waals surface area contributed by atoms with Gasteiger partial charge >= 0.3 is 0 Å². The van der Waals surface area contributed by atoms with Crippen molar-refractivity contribution < 1.29 is 4.74 Å². The van der Waals surface area contributed by atoms with Gasteiger partial charge in [-0.05, 0) is 56.2 Å². The number of unbranched alkanes of at least 4 members (excludes halogenated alkanes) is 1. The van der Waals surface area contributed by atoms with Crippen LogP contribution in [0.3, 0.4) is 0 Å².